The molecule has 3 rings (SSSR count). The van der Waals surface area contributed by atoms with Gasteiger partial charge in [0.1, 0.15) is 5.82 Å². The fourth-order valence-corrected chi connectivity index (χ4v) is 2.25. The van der Waals surface area contributed by atoms with Crippen LogP contribution in [-0.2, 0) is 4.74 Å². The van der Waals surface area contributed by atoms with Crippen LogP contribution >= 0.6 is 0 Å². The topological polar surface area (TPSA) is 55.0 Å². The zero-order chi connectivity index (χ0) is 11.0. The number of ether oxygens (including phenoxy) is 1. The van der Waals surface area contributed by atoms with Crippen LogP contribution in [-0.4, -0.2) is 23.2 Å². The maximum atomic E-state index is 11.6. The third-order valence-corrected chi connectivity index (χ3v) is 3.38. The normalized spacial score (nSPS) is 22.2. The molecule has 0 amide bonds. The van der Waals surface area contributed by atoms with Crippen LogP contribution in [0.5, 0.6) is 0 Å². The highest BCUT2D eigenvalue weighted by Gasteiger charge is 2.27. The fraction of sp³-hybridized carbons (Fsp3) is 0.667. The van der Waals surface area contributed by atoms with Gasteiger partial charge < -0.3 is 9.72 Å². The Balaban J connectivity index is 1.89. The SMILES string of the molecule is O=c1cc(C2CCOCC2)nc(C2CC2)[nH]1. The average molecular weight is 220 g/mol. The smallest absolute Gasteiger partial charge is 0.251 e. The fourth-order valence-electron chi connectivity index (χ4n) is 2.25. The Morgan fingerprint density at radius 2 is 1.94 bits per heavy atom. The number of hydrogen-bond acceptors (Lipinski definition) is 3. The third kappa shape index (κ3) is 2.02. The maximum Gasteiger partial charge on any atom is 0.251 e. The van der Waals surface area contributed by atoms with Crippen molar-refractivity contribution in [2.24, 2.45) is 0 Å². The Morgan fingerprint density at radius 3 is 2.62 bits per heavy atom. The second-order valence-corrected chi connectivity index (χ2v) is 4.72. The molecule has 1 aliphatic carbocycles. The van der Waals surface area contributed by atoms with Crippen LogP contribution < -0.4 is 5.56 Å². The van der Waals surface area contributed by atoms with E-state index in [0.717, 1.165) is 37.6 Å². The lowest BCUT2D eigenvalue weighted by atomic mass is 9.96. The lowest BCUT2D eigenvalue weighted by Crippen LogP contribution is -2.19. The van der Waals surface area contributed by atoms with Crippen molar-refractivity contribution in [2.75, 3.05) is 13.2 Å². The zero-order valence-corrected chi connectivity index (χ0v) is 9.24. The zero-order valence-electron chi connectivity index (χ0n) is 9.24. The van der Waals surface area contributed by atoms with Gasteiger partial charge in [-0.25, -0.2) is 4.98 Å². The van der Waals surface area contributed by atoms with E-state index in [0.29, 0.717) is 11.8 Å². The molecule has 4 nitrogen and oxygen atoms in total. The minimum absolute atomic E-state index is 0.00149. The summed E-state index contributed by atoms with van der Waals surface area (Å²) in [5, 5.41) is 0. The number of rotatable bonds is 2. The first-order chi connectivity index (χ1) is 7.83. The molecule has 1 N–H and O–H groups in total. The molecule has 2 fully saturated rings. The summed E-state index contributed by atoms with van der Waals surface area (Å²) in [6.45, 7) is 1.58. The summed E-state index contributed by atoms with van der Waals surface area (Å²) in [5.74, 6) is 1.81. The molecule has 86 valence electrons. The Hall–Kier alpha value is -1.16. The monoisotopic (exact) mass is 220 g/mol. The number of nitrogens with one attached hydrogen (secondary N) is 1. The van der Waals surface area contributed by atoms with Gasteiger partial charge in [0.25, 0.3) is 5.56 Å². The van der Waals surface area contributed by atoms with Gasteiger partial charge in [-0.3, -0.25) is 4.79 Å². The summed E-state index contributed by atoms with van der Waals surface area (Å²) >= 11 is 0. The summed E-state index contributed by atoms with van der Waals surface area (Å²) in [6, 6.07) is 1.65. The van der Waals surface area contributed by atoms with Gasteiger partial charge in [0.05, 0.1) is 5.69 Å². The summed E-state index contributed by atoms with van der Waals surface area (Å²) in [4.78, 5) is 19.0. The summed E-state index contributed by atoms with van der Waals surface area (Å²) in [5.41, 5.74) is 0.965. The average Bonchev–Trinajstić information content (AvgIpc) is 3.13. The lowest BCUT2D eigenvalue weighted by Gasteiger charge is -2.21. The molecule has 0 bridgehead atoms. The molecular formula is C12H16N2O2. The summed E-state index contributed by atoms with van der Waals surface area (Å²) < 4.78 is 5.33. The van der Waals surface area contributed by atoms with Crippen LogP contribution in [0, 0.1) is 0 Å². The first kappa shape index (κ1) is 10.0. The van der Waals surface area contributed by atoms with E-state index in [2.05, 4.69) is 9.97 Å². The van der Waals surface area contributed by atoms with Crippen LogP contribution in [0.4, 0.5) is 0 Å². The van der Waals surface area contributed by atoms with Crippen molar-refractivity contribution in [3.63, 3.8) is 0 Å². The first-order valence-corrected chi connectivity index (χ1v) is 6.02. The third-order valence-electron chi connectivity index (χ3n) is 3.38. The molecule has 16 heavy (non-hydrogen) atoms. The number of hydrogen-bond donors (Lipinski definition) is 1. The van der Waals surface area contributed by atoms with Crippen molar-refractivity contribution in [1.82, 2.24) is 9.97 Å². The van der Waals surface area contributed by atoms with E-state index < -0.39 is 0 Å². The van der Waals surface area contributed by atoms with Crippen LogP contribution in [0.15, 0.2) is 10.9 Å². The van der Waals surface area contributed by atoms with Gasteiger partial charge >= 0.3 is 0 Å². The van der Waals surface area contributed by atoms with Gasteiger partial charge in [0.15, 0.2) is 0 Å². The Morgan fingerprint density at radius 1 is 1.19 bits per heavy atom. The Labute approximate surface area is 94.1 Å². The Kier molecular flexibility index (Phi) is 2.52. The minimum Gasteiger partial charge on any atom is -0.381 e. The summed E-state index contributed by atoms with van der Waals surface area (Å²) in [6.07, 6.45) is 4.31. The highest BCUT2D eigenvalue weighted by atomic mass is 16.5. The number of H-pyrrole nitrogens is 1. The molecule has 1 saturated carbocycles. The lowest BCUT2D eigenvalue weighted by molar-refractivity contribution is 0.0844. The van der Waals surface area contributed by atoms with E-state index in [1.165, 1.54) is 12.8 Å². The summed E-state index contributed by atoms with van der Waals surface area (Å²) in [7, 11) is 0. The highest BCUT2D eigenvalue weighted by molar-refractivity contribution is 5.14. The van der Waals surface area contributed by atoms with E-state index >= 15 is 0 Å². The quantitative estimate of drug-likeness (QED) is 0.822. The standard InChI is InChI=1S/C12H16N2O2/c15-11-7-10(8-3-5-16-6-4-8)13-12(14-11)9-1-2-9/h7-9H,1-6H2,(H,13,14,15). The molecule has 2 heterocycles. The number of nitrogens with zero attached hydrogens (tertiary/aromatic N) is 1. The van der Waals surface area contributed by atoms with Crippen LogP contribution in [0.1, 0.15) is 49.0 Å². The molecular weight excluding hydrogens is 204 g/mol. The molecule has 0 spiro atoms. The van der Waals surface area contributed by atoms with Gasteiger partial charge in [-0.15, -0.1) is 0 Å². The van der Waals surface area contributed by atoms with Crippen LogP contribution in [0.3, 0.4) is 0 Å². The predicted molar refractivity (Wildman–Crippen MR) is 59.6 cm³/mol. The van der Waals surface area contributed by atoms with E-state index in [1.807, 2.05) is 0 Å². The van der Waals surface area contributed by atoms with Crippen molar-refractivity contribution in [3.05, 3.63) is 27.9 Å². The Bertz CT molecular complexity index is 431. The molecule has 1 aliphatic heterocycles. The van der Waals surface area contributed by atoms with E-state index in [-0.39, 0.29) is 5.56 Å². The number of aromatic nitrogens is 2. The van der Waals surface area contributed by atoms with Gasteiger partial charge in [-0.1, -0.05) is 0 Å². The van der Waals surface area contributed by atoms with Crippen LogP contribution in [0.2, 0.25) is 0 Å². The van der Waals surface area contributed by atoms with Gasteiger partial charge in [-0.2, -0.15) is 0 Å². The molecule has 2 aliphatic rings. The van der Waals surface area contributed by atoms with E-state index in [9.17, 15) is 4.79 Å². The van der Waals surface area contributed by atoms with E-state index in [4.69, 9.17) is 4.74 Å². The molecule has 1 aromatic heterocycles. The molecule has 0 unspecified atom stereocenters. The maximum absolute atomic E-state index is 11.6. The van der Waals surface area contributed by atoms with Crippen molar-refractivity contribution in [2.45, 2.75) is 37.5 Å². The highest BCUT2D eigenvalue weighted by Crippen LogP contribution is 2.38. The molecule has 0 atom stereocenters. The number of aromatic amines is 1. The largest absolute Gasteiger partial charge is 0.381 e. The van der Waals surface area contributed by atoms with Crippen molar-refractivity contribution >= 4 is 0 Å². The molecule has 4 heteroatoms. The second kappa shape index (κ2) is 4.01. The molecule has 0 aromatic carbocycles. The van der Waals surface area contributed by atoms with Gasteiger partial charge in [-0.05, 0) is 25.7 Å². The van der Waals surface area contributed by atoms with Crippen LogP contribution in [0.25, 0.3) is 0 Å². The molecule has 1 saturated heterocycles. The van der Waals surface area contributed by atoms with Crippen molar-refractivity contribution in [1.29, 1.82) is 0 Å². The minimum atomic E-state index is -0.00149. The van der Waals surface area contributed by atoms with E-state index in [1.54, 1.807) is 6.07 Å². The van der Waals surface area contributed by atoms with Gasteiger partial charge in [0.2, 0.25) is 0 Å². The first-order valence-electron chi connectivity index (χ1n) is 6.02. The second-order valence-electron chi connectivity index (χ2n) is 4.72. The molecule has 0 radical (unpaired) electrons. The van der Waals surface area contributed by atoms with Gasteiger partial charge in [0, 0.05) is 31.1 Å². The van der Waals surface area contributed by atoms with Crippen molar-refractivity contribution < 1.29 is 4.74 Å². The molecule has 1 aromatic rings. The predicted octanol–water partition coefficient (Wildman–Crippen LogP) is 1.54. The van der Waals surface area contributed by atoms with Crippen molar-refractivity contribution in [3.8, 4) is 0 Å².